The van der Waals surface area contributed by atoms with E-state index in [1.54, 1.807) is 0 Å². The molecule has 0 fully saturated rings. The largest absolute Gasteiger partial charge is 0.403 e. The molecule has 0 heterocycles. The lowest BCUT2D eigenvalue weighted by Crippen LogP contribution is -2.31. The van der Waals surface area contributed by atoms with Crippen LogP contribution in [-0.4, -0.2) is 14.2 Å². The van der Waals surface area contributed by atoms with Gasteiger partial charge >= 0.3 is 0 Å². The molecule has 102 valence electrons. The standard InChI is InChI=1S/C15H25ClOSi/c1-3-13-18(16,14-4-2)17-12-8-11-15-9-6-5-7-10-15/h5-7,9-10H,3-4,8,11-14H2,1-2H3. The summed E-state index contributed by atoms with van der Waals surface area (Å²) in [7, 11) is -1.92. The summed E-state index contributed by atoms with van der Waals surface area (Å²) in [6, 6.07) is 12.7. The molecular weight excluding hydrogens is 260 g/mol. The summed E-state index contributed by atoms with van der Waals surface area (Å²) < 4.78 is 6.04. The maximum Gasteiger partial charge on any atom is 0.290 e. The summed E-state index contributed by atoms with van der Waals surface area (Å²) in [4.78, 5) is 0. The molecule has 0 N–H and O–H groups in total. The highest BCUT2D eigenvalue weighted by Crippen LogP contribution is 2.25. The molecular formula is C15H25ClOSi. The first-order valence-corrected chi connectivity index (χ1v) is 10.4. The van der Waals surface area contributed by atoms with Crippen molar-refractivity contribution in [3.63, 3.8) is 0 Å². The van der Waals surface area contributed by atoms with Crippen molar-refractivity contribution in [2.75, 3.05) is 6.61 Å². The molecule has 18 heavy (non-hydrogen) atoms. The SMILES string of the molecule is CCC[Si](Cl)(CCC)OCCCc1ccccc1. The number of hydrogen-bond donors (Lipinski definition) is 0. The minimum Gasteiger partial charge on any atom is -0.403 e. The van der Waals surface area contributed by atoms with Gasteiger partial charge < -0.3 is 4.43 Å². The van der Waals surface area contributed by atoms with Gasteiger partial charge in [-0.15, -0.1) is 11.1 Å². The molecule has 0 saturated heterocycles. The Morgan fingerprint density at radius 1 is 1.06 bits per heavy atom. The van der Waals surface area contributed by atoms with Crippen molar-refractivity contribution in [3.8, 4) is 0 Å². The Kier molecular flexibility index (Phi) is 7.64. The van der Waals surface area contributed by atoms with Gasteiger partial charge in [-0.3, -0.25) is 0 Å². The molecule has 1 aromatic rings. The molecule has 0 amide bonds. The zero-order chi connectivity index (χ0) is 13.3. The van der Waals surface area contributed by atoms with Crippen LogP contribution < -0.4 is 0 Å². The van der Waals surface area contributed by atoms with E-state index in [2.05, 4.69) is 44.2 Å². The third-order valence-electron chi connectivity index (χ3n) is 3.06. The van der Waals surface area contributed by atoms with E-state index in [1.165, 1.54) is 5.56 Å². The minimum atomic E-state index is -1.92. The first kappa shape index (κ1) is 15.7. The van der Waals surface area contributed by atoms with Crippen LogP contribution in [0.2, 0.25) is 12.1 Å². The maximum absolute atomic E-state index is 6.64. The van der Waals surface area contributed by atoms with Crippen molar-refractivity contribution in [2.24, 2.45) is 0 Å². The van der Waals surface area contributed by atoms with Crippen LogP contribution in [0.5, 0.6) is 0 Å². The van der Waals surface area contributed by atoms with Gasteiger partial charge in [-0.05, 0) is 30.5 Å². The van der Waals surface area contributed by atoms with Crippen molar-refractivity contribution < 1.29 is 4.43 Å². The molecule has 3 heteroatoms. The molecule has 0 aliphatic rings. The highest BCUT2D eigenvalue weighted by molar-refractivity contribution is 7.16. The van der Waals surface area contributed by atoms with E-state index in [-0.39, 0.29) is 0 Å². The van der Waals surface area contributed by atoms with Gasteiger partial charge in [0.15, 0.2) is 0 Å². The Balaban J connectivity index is 2.26. The van der Waals surface area contributed by atoms with Gasteiger partial charge in [0.05, 0.1) is 0 Å². The number of halogens is 1. The van der Waals surface area contributed by atoms with Crippen LogP contribution in [0.25, 0.3) is 0 Å². The predicted molar refractivity (Wildman–Crippen MR) is 82.5 cm³/mol. The van der Waals surface area contributed by atoms with E-state index in [1.807, 2.05) is 0 Å². The highest BCUT2D eigenvalue weighted by atomic mass is 35.6. The van der Waals surface area contributed by atoms with Crippen molar-refractivity contribution >= 4 is 18.7 Å². The van der Waals surface area contributed by atoms with Crippen LogP contribution in [0.4, 0.5) is 0 Å². The Morgan fingerprint density at radius 2 is 1.67 bits per heavy atom. The Labute approximate surface area is 117 Å². The van der Waals surface area contributed by atoms with Crippen LogP contribution >= 0.6 is 11.1 Å². The van der Waals surface area contributed by atoms with Crippen molar-refractivity contribution in [2.45, 2.75) is 51.6 Å². The second-order valence-electron chi connectivity index (χ2n) is 4.82. The smallest absolute Gasteiger partial charge is 0.290 e. The highest BCUT2D eigenvalue weighted by Gasteiger charge is 2.30. The minimum absolute atomic E-state index is 0.810. The Morgan fingerprint density at radius 3 is 2.22 bits per heavy atom. The van der Waals surface area contributed by atoms with Gasteiger partial charge in [0, 0.05) is 6.61 Å². The monoisotopic (exact) mass is 284 g/mol. The van der Waals surface area contributed by atoms with E-state index in [0.29, 0.717) is 0 Å². The molecule has 1 aromatic carbocycles. The fraction of sp³-hybridized carbons (Fsp3) is 0.600. The van der Waals surface area contributed by atoms with Crippen LogP contribution in [0.3, 0.4) is 0 Å². The molecule has 0 bridgehead atoms. The molecule has 0 aromatic heterocycles. The van der Waals surface area contributed by atoms with Gasteiger partial charge in [0.25, 0.3) is 7.63 Å². The van der Waals surface area contributed by atoms with Crippen LogP contribution in [0.15, 0.2) is 30.3 Å². The molecule has 0 spiro atoms. The van der Waals surface area contributed by atoms with E-state index in [9.17, 15) is 0 Å². The molecule has 0 radical (unpaired) electrons. The van der Waals surface area contributed by atoms with E-state index < -0.39 is 7.63 Å². The van der Waals surface area contributed by atoms with Gasteiger partial charge in [-0.1, -0.05) is 57.0 Å². The third-order valence-corrected chi connectivity index (χ3v) is 7.74. The number of aryl methyl sites for hydroxylation is 1. The summed E-state index contributed by atoms with van der Waals surface area (Å²) in [6.45, 7) is 5.19. The summed E-state index contributed by atoms with van der Waals surface area (Å²) >= 11 is 6.64. The van der Waals surface area contributed by atoms with Gasteiger partial charge in [-0.25, -0.2) is 0 Å². The van der Waals surface area contributed by atoms with Gasteiger partial charge in [-0.2, -0.15) is 0 Å². The molecule has 0 atom stereocenters. The van der Waals surface area contributed by atoms with Crippen LogP contribution in [0, 0.1) is 0 Å². The van der Waals surface area contributed by atoms with Gasteiger partial charge in [0.2, 0.25) is 0 Å². The topological polar surface area (TPSA) is 9.23 Å². The lowest BCUT2D eigenvalue weighted by atomic mass is 10.1. The van der Waals surface area contributed by atoms with E-state index in [0.717, 1.165) is 44.4 Å². The number of rotatable bonds is 9. The summed E-state index contributed by atoms with van der Waals surface area (Å²) in [5.74, 6) is 0. The summed E-state index contributed by atoms with van der Waals surface area (Å²) in [5.41, 5.74) is 1.38. The summed E-state index contributed by atoms with van der Waals surface area (Å²) in [5, 5.41) is 0. The normalized spacial score (nSPS) is 11.7. The second-order valence-corrected chi connectivity index (χ2v) is 9.94. The maximum atomic E-state index is 6.64. The molecule has 0 saturated carbocycles. The van der Waals surface area contributed by atoms with Gasteiger partial charge in [0.1, 0.15) is 0 Å². The zero-order valence-corrected chi connectivity index (χ0v) is 13.4. The quantitative estimate of drug-likeness (QED) is 0.347. The predicted octanol–water partition coefficient (Wildman–Crippen LogP) is 5.14. The molecule has 0 aliphatic heterocycles. The molecule has 1 rings (SSSR count). The molecule has 1 nitrogen and oxygen atoms in total. The van der Waals surface area contributed by atoms with E-state index >= 15 is 0 Å². The average molecular weight is 285 g/mol. The zero-order valence-electron chi connectivity index (χ0n) is 11.6. The van der Waals surface area contributed by atoms with Crippen molar-refractivity contribution in [3.05, 3.63) is 35.9 Å². The Hall–Kier alpha value is -0.313. The van der Waals surface area contributed by atoms with Crippen molar-refractivity contribution in [1.29, 1.82) is 0 Å². The summed E-state index contributed by atoms with van der Waals surface area (Å²) in [6.07, 6.45) is 4.42. The van der Waals surface area contributed by atoms with Crippen molar-refractivity contribution in [1.82, 2.24) is 0 Å². The van der Waals surface area contributed by atoms with Crippen LogP contribution in [-0.2, 0) is 10.8 Å². The fourth-order valence-electron chi connectivity index (χ4n) is 2.19. The van der Waals surface area contributed by atoms with E-state index in [4.69, 9.17) is 15.5 Å². The fourth-order valence-corrected chi connectivity index (χ4v) is 6.10. The number of benzene rings is 1. The lowest BCUT2D eigenvalue weighted by Gasteiger charge is -2.23. The second kappa shape index (κ2) is 8.73. The lowest BCUT2D eigenvalue weighted by molar-refractivity contribution is 0.304. The average Bonchev–Trinajstić information content (AvgIpc) is 2.37. The first-order valence-electron chi connectivity index (χ1n) is 7.07. The molecule has 0 unspecified atom stereocenters. The first-order chi connectivity index (χ1) is 8.70. The molecule has 0 aliphatic carbocycles. The van der Waals surface area contributed by atoms with Crippen LogP contribution in [0.1, 0.15) is 38.7 Å². The third kappa shape index (κ3) is 6.03. The Bertz CT molecular complexity index is 310. The number of hydrogen-bond acceptors (Lipinski definition) is 1.